The first-order valence-corrected chi connectivity index (χ1v) is 12.9. The SMILES string of the molecule is CC(C)(C)OC(=O)NC(=N)c1ccc(OCC(CO[Si](C)(C)C(C)(C)C)ON)cc1. The van der Waals surface area contributed by atoms with Crippen LogP contribution in [0.1, 0.15) is 47.1 Å². The van der Waals surface area contributed by atoms with Crippen LogP contribution in [-0.2, 0) is 14.0 Å². The highest BCUT2D eigenvalue weighted by molar-refractivity contribution is 6.74. The van der Waals surface area contributed by atoms with Gasteiger partial charge in [0.2, 0.25) is 0 Å². The molecule has 8 nitrogen and oxygen atoms in total. The molecule has 1 rings (SSSR count). The monoisotopic (exact) mass is 439 g/mol. The maximum Gasteiger partial charge on any atom is 0.413 e. The standard InChI is InChI=1S/C21H37N3O5Si/c1-20(2,3)28-19(25)24-18(22)15-9-11-16(12-10-15)26-13-17(29-23)14-27-30(7,8)21(4,5)6/h9-12,17H,13-14,23H2,1-8H3,(H2,22,24,25). The number of alkyl carbamates (subject to hydrolysis) is 1. The molecule has 9 heteroatoms. The summed E-state index contributed by atoms with van der Waals surface area (Å²) in [6.07, 6.45) is -1.07. The second-order valence-electron chi connectivity index (χ2n) is 9.67. The van der Waals surface area contributed by atoms with E-state index in [0.717, 1.165) is 0 Å². The lowest BCUT2D eigenvalue weighted by Crippen LogP contribution is -2.44. The summed E-state index contributed by atoms with van der Waals surface area (Å²) in [5.41, 5.74) is -0.0982. The number of hydrogen-bond donors (Lipinski definition) is 3. The molecule has 0 saturated heterocycles. The molecular formula is C21H37N3O5Si. The minimum atomic E-state index is -1.90. The van der Waals surface area contributed by atoms with E-state index in [1.807, 2.05) is 0 Å². The molecule has 0 fully saturated rings. The molecule has 1 aromatic carbocycles. The lowest BCUT2D eigenvalue weighted by molar-refractivity contribution is -0.0115. The van der Waals surface area contributed by atoms with Gasteiger partial charge >= 0.3 is 6.09 Å². The number of ether oxygens (including phenoxy) is 2. The van der Waals surface area contributed by atoms with Crippen LogP contribution in [0.15, 0.2) is 24.3 Å². The van der Waals surface area contributed by atoms with Gasteiger partial charge in [-0.15, -0.1) is 0 Å². The minimum Gasteiger partial charge on any atom is -0.491 e. The molecule has 4 N–H and O–H groups in total. The maximum atomic E-state index is 11.8. The number of benzene rings is 1. The van der Waals surface area contributed by atoms with Crippen LogP contribution in [0.2, 0.25) is 18.1 Å². The third-order valence-corrected chi connectivity index (χ3v) is 9.33. The van der Waals surface area contributed by atoms with Crippen molar-refractivity contribution in [3.05, 3.63) is 29.8 Å². The molecular weight excluding hydrogens is 402 g/mol. The van der Waals surface area contributed by atoms with Gasteiger partial charge in [0.1, 0.15) is 29.9 Å². The second kappa shape index (κ2) is 10.4. The van der Waals surface area contributed by atoms with Gasteiger partial charge in [0.15, 0.2) is 8.32 Å². The first-order valence-electron chi connectivity index (χ1n) is 9.96. The van der Waals surface area contributed by atoms with E-state index in [0.29, 0.717) is 17.9 Å². The van der Waals surface area contributed by atoms with Crippen LogP contribution in [0.5, 0.6) is 5.75 Å². The fourth-order valence-corrected chi connectivity index (χ4v) is 3.06. The molecule has 0 heterocycles. The van der Waals surface area contributed by atoms with Crippen LogP contribution in [-0.4, -0.2) is 45.2 Å². The van der Waals surface area contributed by atoms with Gasteiger partial charge < -0.3 is 13.9 Å². The van der Waals surface area contributed by atoms with Crippen molar-refractivity contribution in [2.24, 2.45) is 5.90 Å². The zero-order chi connectivity index (χ0) is 23.2. The number of nitrogens with one attached hydrogen (secondary N) is 2. The number of amidine groups is 1. The molecule has 0 aromatic heterocycles. The number of nitrogens with two attached hydrogens (primary N) is 1. The molecule has 0 radical (unpaired) electrons. The summed E-state index contributed by atoms with van der Waals surface area (Å²) in [6.45, 7) is 16.7. The Morgan fingerprint density at radius 3 is 2.13 bits per heavy atom. The van der Waals surface area contributed by atoms with Gasteiger partial charge in [-0.2, -0.15) is 0 Å². The first kappa shape index (κ1) is 26.1. The van der Waals surface area contributed by atoms with Crippen molar-refractivity contribution in [1.29, 1.82) is 5.41 Å². The highest BCUT2D eigenvalue weighted by atomic mass is 28.4. The van der Waals surface area contributed by atoms with Crippen LogP contribution in [0.3, 0.4) is 0 Å². The lowest BCUT2D eigenvalue weighted by atomic mass is 10.2. The Morgan fingerprint density at radius 1 is 1.10 bits per heavy atom. The molecule has 1 aromatic rings. The van der Waals surface area contributed by atoms with Crippen LogP contribution in [0, 0.1) is 5.41 Å². The van der Waals surface area contributed by atoms with E-state index in [9.17, 15) is 4.79 Å². The topological polar surface area (TPSA) is 116 Å². The molecule has 0 aliphatic carbocycles. The zero-order valence-electron chi connectivity index (χ0n) is 19.4. The van der Waals surface area contributed by atoms with E-state index in [1.165, 1.54) is 0 Å². The van der Waals surface area contributed by atoms with Crippen LogP contribution in [0.4, 0.5) is 4.79 Å². The average Bonchev–Trinajstić information content (AvgIpc) is 2.59. The summed E-state index contributed by atoms with van der Waals surface area (Å²) < 4.78 is 17.0. The van der Waals surface area contributed by atoms with Crippen molar-refractivity contribution in [2.45, 2.75) is 71.4 Å². The lowest BCUT2D eigenvalue weighted by Gasteiger charge is -2.37. The summed E-state index contributed by atoms with van der Waals surface area (Å²) in [7, 11) is -1.90. The number of hydrogen-bond acceptors (Lipinski definition) is 7. The van der Waals surface area contributed by atoms with Crippen molar-refractivity contribution >= 4 is 20.2 Å². The largest absolute Gasteiger partial charge is 0.491 e. The number of carbonyl (C=O) groups is 1. The predicted octanol–water partition coefficient (Wildman–Crippen LogP) is 4.20. The Kier molecular flexibility index (Phi) is 9.03. The van der Waals surface area contributed by atoms with Gasteiger partial charge in [0, 0.05) is 5.56 Å². The van der Waals surface area contributed by atoms with E-state index >= 15 is 0 Å². The van der Waals surface area contributed by atoms with Crippen molar-refractivity contribution in [2.75, 3.05) is 13.2 Å². The highest BCUT2D eigenvalue weighted by Gasteiger charge is 2.37. The molecule has 30 heavy (non-hydrogen) atoms. The maximum absolute atomic E-state index is 11.8. The molecule has 0 spiro atoms. The third kappa shape index (κ3) is 8.82. The van der Waals surface area contributed by atoms with Gasteiger partial charge in [0.25, 0.3) is 0 Å². The fourth-order valence-electron chi connectivity index (χ4n) is 2.03. The van der Waals surface area contributed by atoms with E-state index in [4.69, 9.17) is 30.0 Å². The molecule has 1 atom stereocenters. The molecule has 1 amide bonds. The van der Waals surface area contributed by atoms with Gasteiger partial charge in [-0.3, -0.25) is 15.6 Å². The molecule has 170 valence electrons. The van der Waals surface area contributed by atoms with Crippen molar-refractivity contribution in [3.8, 4) is 5.75 Å². The molecule has 0 aliphatic rings. The first-order chi connectivity index (χ1) is 13.6. The van der Waals surface area contributed by atoms with E-state index in [-0.39, 0.29) is 17.5 Å². The van der Waals surface area contributed by atoms with Crippen molar-refractivity contribution in [1.82, 2.24) is 5.32 Å². The Bertz CT molecular complexity index is 709. The quantitative estimate of drug-likeness (QED) is 0.242. The minimum absolute atomic E-state index is 0.0539. The summed E-state index contributed by atoms with van der Waals surface area (Å²) in [6, 6.07) is 6.78. The summed E-state index contributed by atoms with van der Waals surface area (Å²) in [5, 5.41) is 10.5. The van der Waals surface area contributed by atoms with Gasteiger partial charge in [-0.25, -0.2) is 10.7 Å². The smallest absolute Gasteiger partial charge is 0.413 e. The van der Waals surface area contributed by atoms with Crippen molar-refractivity contribution < 1.29 is 23.5 Å². The van der Waals surface area contributed by atoms with Gasteiger partial charge in [-0.05, 0) is 63.2 Å². The fraction of sp³-hybridized carbons (Fsp3) is 0.619. The summed E-state index contributed by atoms with van der Waals surface area (Å²) in [4.78, 5) is 16.8. The van der Waals surface area contributed by atoms with E-state index in [2.05, 4.69) is 39.2 Å². The van der Waals surface area contributed by atoms with Gasteiger partial charge in [-0.1, -0.05) is 20.8 Å². The Labute approximate surface area is 181 Å². The van der Waals surface area contributed by atoms with Crippen LogP contribution < -0.4 is 16.0 Å². The van der Waals surface area contributed by atoms with E-state index < -0.39 is 26.1 Å². The van der Waals surface area contributed by atoms with Gasteiger partial charge in [0.05, 0.1) is 6.61 Å². The zero-order valence-corrected chi connectivity index (χ0v) is 20.4. The normalized spacial score (nSPS) is 13.5. The average molecular weight is 440 g/mol. The molecule has 0 saturated carbocycles. The number of amides is 1. The second-order valence-corrected chi connectivity index (χ2v) is 14.5. The van der Waals surface area contributed by atoms with Crippen LogP contribution >= 0.6 is 0 Å². The molecule has 0 aliphatic heterocycles. The number of carbonyl (C=O) groups excluding carboxylic acids is 1. The van der Waals surface area contributed by atoms with Crippen LogP contribution in [0.25, 0.3) is 0 Å². The predicted molar refractivity (Wildman–Crippen MR) is 120 cm³/mol. The highest BCUT2D eigenvalue weighted by Crippen LogP contribution is 2.36. The van der Waals surface area contributed by atoms with Crippen molar-refractivity contribution in [3.63, 3.8) is 0 Å². The Balaban J connectivity index is 2.57. The summed E-state index contributed by atoms with van der Waals surface area (Å²) in [5.74, 6) is 5.95. The third-order valence-electron chi connectivity index (χ3n) is 4.83. The Morgan fingerprint density at radius 2 is 1.67 bits per heavy atom. The van der Waals surface area contributed by atoms with E-state index in [1.54, 1.807) is 45.0 Å². The number of rotatable bonds is 8. The summed E-state index contributed by atoms with van der Waals surface area (Å²) >= 11 is 0. The molecule has 0 bridgehead atoms. The Hall–Kier alpha value is -1.94. The molecule has 1 unspecified atom stereocenters.